The number of hydrogen-bond acceptors (Lipinski definition) is 6. The van der Waals surface area contributed by atoms with Gasteiger partial charge in [0.15, 0.2) is 6.10 Å². The number of carbonyl (C=O) groups is 2. The minimum absolute atomic E-state index is 0.341. The molecule has 0 saturated heterocycles. The molecular weight excluding hydrogens is 312 g/mol. The molecule has 1 aromatic carbocycles. The SMILES string of the molecule is C=CC[C@H](OC(C)=O)[C@@H](OC(C)=O)[C@@H](C)Oc1ccc(OC)cc1. The molecule has 1 rings (SSSR count). The summed E-state index contributed by atoms with van der Waals surface area (Å²) in [5.74, 6) is 0.346. The van der Waals surface area contributed by atoms with Crippen LogP contribution in [0, 0.1) is 0 Å². The molecule has 24 heavy (non-hydrogen) atoms. The maximum Gasteiger partial charge on any atom is 0.303 e. The van der Waals surface area contributed by atoms with Gasteiger partial charge < -0.3 is 18.9 Å². The van der Waals surface area contributed by atoms with Crippen LogP contribution in [0.5, 0.6) is 11.5 Å². The molecule has 6 heteroatoms. The minimum atomic E-state index is -0.758. The van der Waals surface area contributed by atoms with Crippen molar-refractivity contribution in [3.8, 4) is 11.5 Å². The highest BCUT2D eigenvalue weighted by Crippen LogP contribution is 2.22. The van der Waals surface area contributed by atoms with Gasteiger partial charge in [-0.25, -0.2) is 0 Å². The van der Waals surface area contributed by atoms with E-state index in [4.69, 9.17) is 18.9 Å². The fourth-order valence-corrected chi connectivity index (χ4v) is 2.23. The summed E-state index contributed by atoms with van der Waals surface area (Å²) >= 11 is 0. The van der Waals surface area contributed by atoms with E-state index >= 15 is 0 Å². The van der Waals surface area contributed by atoms with Gasteiger partial charge in [0.1, 0.15) is 23.7 Å². The third-order valence-corrected chi connectivity index (χ3v) is 3.23. The highest BCUT2D eigenvalue weighted by molar-refractivity contribution is 5.67. The fourth-order valence-electron chi connectivity index (χ4n) is 2.23. The average molecular weight is 336 g/mol. The predicted octanol–water partition coefficient (Wildman–Crippen LogP) is 2.90. The Labute approximate surface area is 142 Å². The van der Waals surface area contributed by atoms with Gasteiger partial charge in [-0.1, -0.05) is 6.08 Å². The van der Waals surface area contributed by atoms with Crippen molar-refractivity contribution >= 4 is 11.9 Å². The highest BCUT2D eigenvalue weighted by Gasteiger charge is 2.33. The molecule has 1 aromatic rings. The predicted molar refractivity (Wildman–Crippen MR) is 89.0 cm³/mol. The lowest BCUT2D eigenvalue weighted by Crippen LogP contribution is -2.44. The zero-order chi connectivity index (χ0) is 18.1. The first-order valence-electron chi connectivity index (χ1n) is 7.63. The van der Waals surface area contributed by atoms with Crippen molar-refractivity contribution in [2.24, 2.45) is 0 Å². The Balaban J connectivity index is 2.92. The molecule has 0 N–H and O–H groups in total. The van der Waals surface area contributed by atoms with E-state index in [9.17, 15) is 9.59 Å². The van der Waals surface area contributed by atoms with Gasteiger partial charge in [-0.2, -0.15) is 0 Å². The van der Waals surface area contributed by atoms with E-state index in [2.05, 4.69) is 6.58 Å². The molecule has 0 aliphatic rings. The third-order valence-electron chi connectivity index (χ3n) is 3.23. The van der Waals surface area contributed by atoms with Crippen molar-refractivity contribution in [3.63, 3.8) is 0 Å². The summed E-state index contributed by atoms with van der Waals surface area (Å²) < 4.78 is 21.5. The molecule has 0 amide bonds. The van der Waals surface area contributed by atoms with E-state index in [0.29, 0.717) is 17.9 Å². The number of benzene rings is 1. The van der Waals surface area contributed by atoms with E-state index < -0.39 is 30.3 Å². The Kier molecular flexibility index (Phi) is 7.82. The summed E-state index contributed by atoms with van der Waals surface area (Å²) in [7, 11) is 1.58. The van der Waals surface area contributed by atoms with Crippen LogP contribution in [-0.4, -0.2) is 37.4 Å². The number of methoxy groups -OCH3 is 1. The molecule has 0 unspecified atom stereocenters. The quantitative estimate of drug-likeness (QED) is 0.510. The normalized spacial score (nSPS) is 14.0. The van der Waals surface area contributed by atoms with Crippen molar-refractivity contribution in [2.45, 2.75) is 45.5 Å². The van der Waals surface area contributed by atoms with Crippen LogP contribution in [0.15, 0.2) is 36.9 Å². The Morgan fingerprint density at radius 1 is 1.08 bits per heavy atom. The third kappa shape index (κ3) is 6.32. The smallest absolute Gasteiger partial charge is 0.303 e. The first-order chi connectivity index (χ1) is 11.4. The summed E-state index contributed by atoms with van der Waals surface area (Å²) in [4.78, 5) is 22.7. The number of ether oxygens (including phenoxy) is 4. The molecule has 3 atom stereocenters. The van der Waals surface area contributed by atoms with Gasteiger partial charge in [0, 0.05) is 20.3 Å². The van der Waals surface area contributed by atoms with Crippen LogP contribution in [-0.2, 0) is 19.1 Å². The van der Waals surface area contributed by atoms with Crippen molar-refractivity contribution in [1.82, 2.24) is 0 Å². The van der Waals surface area contributed by atoms with Crippen LogP contribution < -0.4 is 9.47 Å². The summed E-state index contributed by atoms with van der Waals surface area (Å²) in [6, 6.07) is 7.01. The maximum atomic E-state index is 11.4. The van der Waals surface area contributed by atoms with Crippen LogP contribution in [0.3, 0.4) is 0 Å². The second kappa shape index (κ2) is 9.60. The van der Waals surface area contributed by atoms with E-state index in [1.807, 2.05) is 0 Å². The number of rotatable bonds is 9. The van der Waals surface area contributed by atoms with E-state index in [1.165, 1.54) is 13.8 Å². The largest absolute Gasteiger partial charge is 0.497 e. The van der Waals surface area contributed by atoms with Gasteiger partial charge in [-0.05, 0) is 31.2 Å². The van der Waals surface area contributed by atoms with Gasteiger partial charge in [0.25, 0.3) is 0 Å². The van der Waals surface area contributed by atoms with Gasteiger partial charge in [-0.15, -0.1) is 6.58 Å². The van der Waals surface area contributed by atoms with E-state index in [0.717, 1.165) is 0 Å². The summed E-state index contributed by atoms with van der Waals surface area (Å²) in [6.45, 7) is 7.99. The topological polar surface area (TPSA) is 71.1 Å². The lowest BCUT2D eigenvalue weighted by atomic mass is 10.1. The number of hydrogen-bond donors (Lipinski definition) is 0. The molecular formula is C18H24O6. The molecule has 0 saturated carbocycles. The average Bonchev–Trinajstić information content (AvgIpc) is 2.52. The van der Waals surface area contributed by atoms with Crippen LogP contribution >= 0.6 is 0 Å². The molecule has 0 aliphatic carbocycles. The Bertz CT molecular complexity index is 551. The summed E-state index contributed by atoms with van der Waals surface area (Å²) in [5, 5.41) is 0. The molecule has 0 aliphatic heterocycles. The first kappa shape index (κ1) is 19.5. The Morgan fingerprint density at radius 3 is 2.08 bits per heavy atom. The molecule has 6 nitrogen and oxygen atoms in total. The van der Waals surface area contributed by atoms with Gasteiger partial charge in [-0.3, -0.25) is 9.59 Å². The lowest BCUT2D eigenvalue weighted by Gasteiger charge is -2.30. The van der Waals surface area contributed by atoms with Gasteiger partial charge >= 0.3 is 11.9 Å². The summed E-state index contributed by atoms with van der Waals surface area (Å²) in [5.41, 5.74) is 0. The van der Waals surface area contributed by atoms with Gasteiger partial charge in [0.05, 0.1) is 7.11 Å². The Morgan fingerprint density at radius 2 is 1.62 bits per heavy atom. The van der Waals surface area contributed by atoms with Crippen molar-refractivity contribution in [3.05, 3.63) is 36.9 Å². The number of esters is 2. The molecule has 0 aromatic heterocycles. The van der Waals surface area contributed by atoms with Crippen LogP contribution in [0.1, 0.15) is 27.2 Å². The first-order valence-corrected chi connectivity index (χ1v) is 7.63. The highest BCUT2D eigenvalue weighted by atomic mass is 16.6. The second-order valence-corrected chi connectivity index (χ2v) is 5.24. The lowest BCUT2D eigenvalue weighted by molar-refractivity contribution is -0.172. The molecule has 0 bridgehead atoms. The van der Waals surface area contributed by atoms with E-state index in [-0.39, 0.29) is 0 Å². The van der Waals surface area contributed by atoms with Crippen LogP contribution in [0.4, 0.5) is 0 Å². The Hall–Kier alpha value is -2.50. The molecule has 0 spiro atoms. The maximum absolute atomic E-state index is 11.4. The standard InChI is InChI=1S/C18H24O6/c1-6-7-17(23-13(3)19)18(24-14(4)20)12(2)22-16-10-8-15(21-5)9-11-16/h6,8-12,17-18H,1,7H2,2-5H3/t12-,17+,18+/m1/s1. The second-order valence-electron chi connectivity index (χ2n) is 5.24. The number of carbonyl (C=O) groups excluding carboxylic acids is 2. The molecule has 0 radical (unpaired) electrons. The zero-order valence-corrected chi connectivity index (χ0v) is 14.5. The van der Waals surface area contributed by atoms with Gasteiger partial charge in [0.2, 0.25) is 0 Å². The minimum Gasteiger partial charge on any atom is -0.497 e. The fraction of sp³-hybridized carbons (Fsp3) is 0.444. The monoisotopic (exact) mass is 336 g/mol. The van der Waals surface area contributed by atoms with Crippen molar-refractivity contribution in [1.29, 1.82) is 0 Å². The molecule has 0 heterocycles. The van der Waals surface area contributed by atoms with E-state index in [1.54, 1.807) is 44.4 Å². The molecule has 0 fully saturated rings. The summed E-state index contributed by atoms with van der Waals surface area (Å²) in [6.07, 6.45) is -0.0202. The molecule has 132 valence electrons. The van der Waals surface area contributed by atoms with Crippen molar-refractivity contribution < 1.29 is 28.5 Å². The van der Waals surface area contributed by atoms with Crippen LogP contribution in [0.25, 0.3) is 0 Å². The zero-order valence-electron chi connectivity index (χ0n) is 14.5. The van der Waals surface area contributed by atoms with Crippen molar-refractivity contribution in [2.75, 3.05) is 7.11 Å². The van der Waals surface area contributed by atoms with Crippen LogP contribution in [0.2, 0.25) is 0 Å².